The van der Waals surface area contributed by atoms with Gasteiger partial charge in [-0.05, 0) is 91.3 Å². The van der Waals surface area contributed by atoms with E-state index in [1.807, 2.05) is 31.2 Å². The minimum atomic E-state index is -3.47. The Morgan fingerprint density at radius 2 is 1.91 bits per heavy atom. The molecular formula is C39H46ClN7O5S. The van der Waals surface area contributed by atoms with Gasteiger partial charge in [0.15, 0.2) is 11.5 Å². The maximum atomic E-state index is 15.0. The number of nitrogens with zero attached hydrogens (tertiary/aromatic N) is 6. The lowest BCUT2D eigenvalue weighted by atomic mass is 9.68. The number of amides is 1. The number of methoxy groups -OCH3 is 2. The molecule has 2 bridgehead atoms. The van der Waals surface area contributed by atoms with Gasteiger partial charge in [0.2, 0.25) is 0 Å². The van der Waals surface area contributed by atoms with Gasteiger partial charge in [-0.15, -0.1) is 4.36 Å². The van der Waals surface area contributed by atoms with E-state index < -0.39 is 21.9 Å². The van der Waals surface area contributed by atoms with Crippen LogP contribution in [0.2, 0.25) is 5.02 Å². The Kier molecular flexibility index (Phi) is 9.71. The molecule has 7 atom stereocenters. The van der Waals surface area contributed by atoms with Gasteiger partial charge in [-0.3, -0.25) is 14.2 Å². The molecule has 4 heterocycles. The highest BCUT2D eigenvalue weighted by molar-refractivity contribution is 7.95. The Hall–Kier alpha value is -4.04. The summed E-state index contributed by atoms with van der Waals surface area (Å²) >= 11 is 6.48. The summed E-state index contributed by atoms with van der Waals surface area (Å²) in [5.41, 5.74) is 3.89. The summed E-state index contributed by atoms with van der Waals surface area (Å²) in [5, 5.41) is 5.68. The largest absolute Gasteiger partial charge is 0.490 e. The standard InChI is InChI=1S/C39H46ClN7O5S/c1-24-20-53(49,44-37-30-19-46(2)43-36(30)41-23-42-37)45-38(48)26-8-12-35-32(17-26)47(18-27-7-10-29(27)34(51-4)14-13-33(24)50-3)21-39(22-52-35)15-5-6-25-16-28(40)9-11-31(25)39/h8-9,11-14,16-17,19,23-24,27,29,33-34H,5-7,10,15,18,20-22H2,1-4H3,(H,41,42,43,44,45,48,49)/b14-13+/t24-,27+,29-,33+,34+,39+,53?/m1/s1. The number of ether oxygens (including phenoxy) is 3. The lowest BCUT2D eigenvalue weighted by Gasteiger charge is -2.46. The Balaban J connectivity index is 1.24. The first-order chi connectivity index (χ1) is 25.6. The van der Waals surface area contributed by atoms with Crippen molar-refractivity contribution in [3.8, 4) is 5.75 Å². The molecular weight excluding hydrogens is 714 g/mol. The Morgan fingerprint density at radius 1 is 1.08 bits per heavy atom. The number of fused-ring (bicyclic) bond motifs is 5. The zero-order valence-corrected chi connectivity index (χ0v) is 32.1. The third-order valence-corrected chi connectivity index (χ3v) is 13.8. The van der Waals surface area contributed by atoms with Crippen molar-refractivity contribution < 1.29 is 23.2 Å². The number of rotatable bonds is 4. The molecule has 2 aliphatic heterocycles. The number of hydrogen-bond acceptors (Lipinski definition) is 9. The van der Waals surface area contributed by atoms with Gasteiger partial charge in [-0.2, -0.15) is 5.10 Å². The van der Waals surface area contributed by atoms with Gasteiger partial charge in [0, 0.05) is 56.6 Å². The van der Waals surface area contributed by atoms with Crippen LogP contribution in [-0.4, -0.2) is 81.7 Å². The number of hydrogen-bond donors (Lipinski definition) is 1. The molecule has 4 aromatic rings. The fourth-order valence-electron chi connectivity index (χ4n) is 8.82. The number of nitrogens with one attached hydrogen (secondary N) is 1. The average molecular weight is 760 g/mol. The molecule has 1 saturated carbocycles. The van der Waals surface area contributed by atoms with E-state index in [2.05, 4.69) is 47.3 Å². The van der Waals surface area contributed by atoms with E-state index in [1.165, 1.54) is 17.5 Å². The number of anilines is 2. The molecule has 1 fully saturated rings. The molecule has 1 spiro atoms. The predicted molar refractivity (Wildman–Crippen MR) is 206 cm³/mol. The highest BCUT2D eigenvalue weighted by Crippen LogP contribution is 2.47. The summed E-state index contributed by atoms with van der Waals surface area (Å²) in [5.74, 6) is 0.760. The Bertz CT molecular complexity index is 2200. The molecule has 2 aromatic heterocycles. The van der Waals surface area contributed by atoms with E-state index in [0.717, 1.165) is 61.7 Å². The molecule has 2 aliphatic carbocycles. The number of benzene rings is 2. The minimum Gasteiger partial charge on any atom is -0.490 e. The third-order valence-electron chi connectivity index (χ3n) is 11.6. The van der Waals surface area contributed by atoms with Gasteiger partial charge in [-0.1, -0.05) is 36.7 Å². The first-order valence-corrected chi connectivity index (χ1v) is 20.4. The van der Waals surface area contributed by atoms with Gasteiger partial charge in [-0.25, -0.2) is 14.2 Å². The number of aromatic nitrogens is 4. The van der Waals surface area contributed by atoms with Crippen molar-refractivity contribution in [2.24, 2.45) is 29.2 Å². The maximum Gasteiger partial charge on any atom is 0.286 e. The summed E-state index contributed by atoms with van der Waals surface area (Å²) in [6, 6.07) is 11.7. The predicted octanol–water partition coefficient (Wildman–Crippen LogP) is 6.39. The summed E-state index contributed by atoms with van der Waals surface area (Å²) in [4.78, 5) is 25.3. The second-order valence-corrected chi connectivity index (χ2v) is 17.6. The van der Waals surface area contributed by atoms with E-state index in [4.69, 9.17) is 25.8 Å². The van der Waals surface area contributed by atoms with Crippen molar-refractivity contribution in [1.29, 1.82) is 0 Å². The van der Waals surface area contributed by atoms with Crippen molar-refractivity contribution in [3.63, 3.8) is 0 Å². The second kappa shape index (κ2) is 14.3. The van der Waals surface area contributed by atoms with Gasteiger partial charge in [0.05, 0.1) is 35.6 Å². The first kappa shape index (κ1) is 36.0. The quantitative estimate of drug-likeness (QED) is 0.235. The molecule has 14 heteroatoms. The molecule has 0 radical (unpaired) electrons. The van der Waals surface area contributed by atoms with Crippen LogP contribution in [0.4, 0.5) is 11.5 Å². The summed E-state index contributed by atoms with van der Waals surface area (Å²) < 4.78 is 42.9. The first-order valence-electron chi connectivity index (χ1n) is 18.3. The van der Waals surface area contributed by atoms with Gasteiger partial charge < -0.3 is 19.1 Å². The van der Waals surface area contributed by atoms with Crippen LogP contribution in [0, 0.1) is 17.8 Å². The molecule has 280 valence electrons. The van der Waals surface area contributed by atoms with Crippen LogP contribution >= 0.6 is 11.6 Å². The lowest BCUT2D eigenvalue weighted by Crippen LogP contribution is -2.49. The van der Waals surface area contributed by atoms with E-state index in [9.17, 15) is 4.79 Å². The van der Waals surface area contributed by atoms with Crippen LogP contribution in [-0.2, 0) is 38.3 Å². The fourth-order valence-corrected chi connectivity index (χ4v) is 11.0. The Labute approximate surface area is 315 Å². The highest BCUT2D eigenvalue weighted by atomic mass is 35.5. The summed E-state index contributed by atoms with van der Waals surface area (Å²) in [6.07, 6.45) is 11.8. The second-order valence-electron chi connectivity index (χ2n) is 15.1. The fraction of sp³-hybridized carbons (Fsp3) is 0.487. The molecule has 1 unspecified atom stereocenters. The zero-order valence-electron chi connectivity index (χ0n) is 30.5. The molecule has 4 aliphatic rings. The summed E-state index contributed by atoms with van der Waals surface area (Å²) in [6.45, 7) is 3.94. The molecule has 1 amide bonds. The van der Waals surface area contributed by atoms with E-state index in [0.29, 0.717) is 35.0 Å². The van der Waals surface area contributed by atoms with Crippen LogP contribution < -0.4 is 14.4 Å². The number of aryl methyl sites for hydroxylation is 2. The molecule has 0 saturated heterocycles. The molecule has 53 heavy (non-hydrogen) atoms. The van der Waals surface area contributed by atoms with Crippen LogP contribution in [0.15, 0.2) is 65.4 Å². The van der Waals surface area contributed by atoms with Crippen LogP contribution in [0.25, 0.3) is 11.0 Å². The monoisotopic (exact) mass is 759 g/mol. The van der Waals surface area contributed by atoms with Crippen molar-refractivity contribution in [2.75, 3.05) is 49.3 Å². The Morgan fingerprint density at radius 3 is 2.70 bits per heavy atom. The SMILES string of the molecule is CO[C@H]1/C=C/[C@H](OC)[C@H](C)CS(=O)(Nc2ncnc3nn(C)cc23)=NC(=O)c2ccc3c(c2)N(C[C@@H]2CC[C@H]21)C[C@@]1(CCCc2cc(Cl)ccc21)CO3. The van der Waals surface area contributed by atoms with Gasteiger partial charge in [0.25, 0.3) is 5.91 Å². The molecule has 8 rings (SSSR count). The number of carbonyl (C=O) groups excluding carboxylic acids is 1. The van der Waals surface area contributed by atoms with Crippen LogP contribution in [0.3, 0.4) is 0 Å². The minimum absolute atomic E-state index is 0.00314. The van der Waals surface area contributed by atoms with Crippen LogP contribution in [0.5, 0.6) is 5.75 Å². The average Bonchev–Trinajstić information content (AvgIpc) is 3.45. The summed E-state index contributed by atoms with van der Waals surface area (Å²) in [7, 11) is 1.70. The molecule has 2 aromatic carbocycles. The van der Waals surface area contributed by atoms with Gasteiger partial charge >= 0.3 is 0 Å². The van der Waals surface area contributed by atoms with Crippen molar-refractivity contribution in [2.45, 2.75) is 56.7 Å². The number of halogens is 1. The third kappa shape index (κ3) is 6.92. The maximum absolute atomic E-state index is 15.0. The molecule has 1 N–H and O–H groups in total. The lowest BCUT2D eigenvalue weighted by molar-refractivity contribution is 0.0120. The van der Waals surface area contributed by atoms with E-state index in [-0.39, 0.29) is 29.0 Å². The van der Waals surface area contributed by atoms with Crippen molar-refractivity contribution in [3.05, 3.63) is 82.8 Å². The van der Waals surface area contributed by atoms with Crippen LogP contribution in [0.1, 0.15) is 54.1 Å². The highest BCUT2D eigenvalue weighted by Gasteiger charge is 2.44. The van der Waals surface area contributed by atoms with Crippen molar-refractivity contribution >= 4 is 50.0 Å². The van der Waals surface area contributed by atoms with Crippen molar-refractivity contribution in [1.82, 2.24) is 19.7 Å². The van der Waals surface area contributed by atoms with E-state index in [1.54, 1.807) is 38.2 Å². The number of carbonyl (C=O) groups is 1. The normalized spacial score (nSPS) is 30.7. The van der Waals surface area contributed by atoms with Gasteiger partial charge in [0.1, 0.15) is 22.0 Å². The zero-order chi connectivity index (χ0) is 36.9. The molecule has 12 nitrogen and oxygen atoms in total. The smallest absolute Gasteiger partial charge is 0.286 e. The topological polar surface area (TPSA) is 133 Å². The van der Waals surface area contributed by atoms with E-state index >= 15 is 4.21 Å².